The molecule has 16 heavy (non-hydrogen) atoms. The first kappa shape index (κ1) is 12.4. The van der Waals surface area contributed by atoms with Gasteiger partial charge in [0.15, 0.2) is 0 Å². The molecule has 2 fully saturated rings. The van der Waals surface area contributed by atoms with Gasteiger partial charge in [-0.05, 0) is 32.2 Å². The van der Waals surface area contributed by atoms with Gasteiger partial charge in [0.1, 0.15) is 0 Å². The third-order valence-electron chi connectivity index (χ3n) is 4.54. The molecule has 0 aliphatic heterocycles. The van der Waals surface area contributed by atoms with Crippen molar-refractivity contribution >= 4 is 0 Å². The molecule has 2 aliphatic carbocycles. The Labute approximate surface area is 100 Å². The van der Waals surface area contributed by atoms with Gasteiger partial charge in [0.2, 0.25) is 0 Å². The summed E-state index contributed by atoms with van der Waals surface area (Å²) in [5.41, 5.74) is 0.503. The van der Waals surface area contributed by atoms with Crippen LogP contribution in [0.4, 0.5) is 0 Å². The molecule has 0 saturated heterocycles. The molecule has 0 aromatic heterocycles. The van der Waals surface area contributed by atoms with Crippen LogP contribution in [0.5, 0.6) is 0 Å². The number of hydrogen-bond donors (Lipinski definition) is 1. The highest BCUT2D eigenvalue weighted by Gasteiger charge is 2.55. The SMILES string of the molecule is CCCOC1CC(NCC)C12CCCCC2. The summed E-state index contributed by atoms with van der Waals surface area (Å²) in [6, 6.07) is 0.736. The quantitative estimate of drug-likeness (QED) is 0.776. The van der Waals surface area contributed by atoms with E-state index in [9.17, 15) is 0 Å². The molecule has 2 nitrogen and oxygen atoms in total. The predicted molar refractivity (Wildman–Crippen MR) is 67.6 cm³/mol. The molecule has 2 aliphatic rings. The van der Waals surface area contributed by atoms with Crippen LogP contribution in [-0.2, 0) is 4.74 Å². The van der Waals surface area contributed by atoms with Crippen molar-refractivity contribution < 1.29 is 4.74 Å². The second-order valence-electron chi connectivity index (χ2n) is 5.50. The van der Waals surface area contributed by atoms with E-state index in [1.807, 2.05) is 0 Å². The zero-order chi connectivity index (χ0) is 11.4. The normalized spacial score (nSPS) is 32.6. The van der Waals surface area contributed by atoms with E-state index in [4.69, 9.17) is 4.74 Å². The van der Waals surface area contributed by atoms with Crippen molar-refractivity contribution in [3.63, 3.8) is 0 Å². The van der Waals surface area contributed by atoms with Gasteiger partial charge < -0.3 is 10.1 Å². The summed E-state index contributed by atoms with van der Waals surface area (Å²) in [6.45, 7) is 6.48. The lowest BCUT2D eigenvalue weighted by Crippen LogP contribution is -2.64. The summed E-state index contributed by atoms with van der Waals surface area (Å²) in [5, 5.41) is 3.67. The first-order valence-electron chi connectivity index (χ1n) is 7.18. The fourth-order valence-corrected chi connectivity index (χ4v) is 3.65. The van der Waals surface area contributed by atoms with E-state index in [1.165, 1.54) is 38.5 Å². The van der Waals surface area contributed by atoms with Gasteiger partial charge in [-0.3, -0.25) is 0 Å². The molecule has 2 saturated carbocycles. The molecule has 0 amide bonds. The lowest BCUT2D eigenvalue weighted by molar-refractivity contribution is -0.152. The Morgan fingerprint density at radius 1 is 1.19 bits per heavy atom. The maximum atomic E-state index is 6.06. The molecule has 1 N–H and O–H groups in total. The van der Waals surface area contributed by atoms with E-state index in [1.54, 1.807) is 0 Å². The molecule has 0 bridgehead atoms. The molecule has 0 aromatic carbocycles. The molecule has 0 radical (unpaired) electrons. The third-order valence-corrected chi connectivity index (χ3v) is 4.54. The monoisotopic (exact) mass is 225 g/mol. The molecule has 2 unspecified atom stereocenters. The van der Waals surface area contributed by atoms with Gasteiger partial charge in [-0.1, -0.05) is 33.1 Å². The van der Waals surface area contributed by atoms with Gasteiger partial charge >= 0.3 is 0 Å². The largest absolute Gasteiger partial charge is 0.378 e. The minimum Gasteiger partial charge on any atom is -0.378 e. The first-order valence-corrected chi connectivity index (χ1v) is 7.18. The molecule has 0 heterocycles. The molecule has 2 atom stereocenters. The zero-order valence-electron chi connectivity index (χ0n) is 10.9. The Morgan fingerprint density at radius 3 is 2.56 bits per heavy atom. The third kappa shape index (κ3) is 2.14. The van der Waals surface area contributed by atoms with E-state index in [-0.39, 0.29) is 0 Å². The molecule has 2 rings (SSSR count). The van der Waals surface area contributed by atoms with E-state index in [0.29, 0.717) is 11.5 Å². The number of rotatable bonds is 5. The predicted octanol–water partition coefficient (Wildman–Crippen LogP) is 3.11. The molecule has 94 valence electrons. The van der Waals surface area contributed by atoms with Crippen molar-refractivity contribution in [1.29, 1.82) is 0 Å². The fourth-order valence-electron chi connectivity index (χ4n) is 3.65. The molecule has 0 aromatic rings. The van der Waals surface area contributed by atoms with Crippen LogP contribution in [0.3, 0.4) is 0 Å². The maximum Gasteiger partial charge on any atom is 0.0661 e. The van der Waals surface area contributed by atoms with Crippen LogP contribution < -0.4 is 5.32 Å². The molecular formula is C14H27NO. The van der Waals surface area contributed by atoms with Crippen molar-refractivity contribution in [1.82, 2.24) is 5.32 Å². The Bertz CT molecular complexity index is 211. The zero-order valence-corrected chi connectivity index (χ0v) is 10.9. The minimum absolute atomic E-state index is 0.503. The van der Waals surface area contributed by atoms with Gasteiger partial charge in [0.05, 0.1) is 6.10 Å². The van der Waals surface area contributed by atoms with Gasteiger partial charge in [0.25, 0.3) is 0 Å². The van der Waals surface area contributed by atoms with Gasteiger partial charge in [0, 0.05) is 18.1 Å². The summed E-state index contributed by atoms with van der Waals surface area (Å²) in [5.74, 6) is 0. The van der Waals surface area contributed by atoms with Crippen LogP contribution in [-0.4, -0.2) is 25.3 Å². The Hall–Kier alpha value is -0.0800. The summed E-state index contributed by atoms with van der Waals surface area (Å²) < 4.78 is 6.06. The minimum atomic E-state index is 0.503. The number of ether oxygens (including phenoxy) is 1. The van der Waals surface area contributed by atoms with E-state index < -0.39 is 0 Å². The molecule has 1 spiro atoms. The van der Waals surface area contributed by atoms with Crippen molar-refractivity contribution in [3.8, 4) is 0 Å². The first-order chi connectivity index (χ1) is 7.83. The molecular weight excluding hydrogens is 198 g/mol. The van der Waals surface area contributed by atoms with Crippen LogP contribution in [0.2, 0.25) is 0 Å². The lowest BCUT2D eigenvalue weighted by atomic mass is 9.55. The lowest BCUT2D eigenvalue weighted by Gasteiger charge is -2.58. The van der Waals surface area contributed by atoms with Crippen molar-refractivity contribution in [2.75, 3.05) is 13.2 Å². The molecule has 2 heteroatoms. The van der Waals surface area contributed by atoms with Crippen LogP contribution >= 0.6 is 0 Å². The Kier molecular flexibility index (Phi) is 4.26. The Morgan fingerprint density at radius 2 is 1.94 bits per heavy atom. The summed E-state index contributed by atoms with van der Waals surface area (Å²) in [4.78, 5) is 0. The van der Waals surface area contributed by atoms with Gasteiger partial charge in [-0.2, -0.15) is 0 Å². The fraction of sp³-hybridized carbons (Fsp3) is 1.00. The average molecular weight is 225 g/mol. The Balaban J connectivity index is 1.94. The maximum absolute atomic E-state index is 6.06. The van der Waals surface area contributed by atoms with Crippen molar-refractivity contribution in [2.24, 2.45) is 5.41 Å². The smallest absolute Gasteiger partial charge is 0.0661 e. The van der Waals surface area contributed by atoms with Crippen LogP contribution in [0.25, 0.3) is 0 Å². The highest BCUT2D eigenvalue weighted by atomic mass is 16.5. The topological polar surface area (TPSA) is 21.3 Å². The van der Waals surface area contributed by atoms with Crippen LogP contribution in [0, 0.1) is 5.41 Å². The van der Waals surface area contributed by atoms with Crippen molar-refractivity contribution in [2.45, 2.75) is 70.9 Å². The second-order valence-corrected chi connectivity index (χ2v) is 5.50. The second kappa shape index (κ2) is 5.50. The van der Waals surface area contributed by atoms with E-state index in [2.05, 4.69) is 19.2 Å². The summed E-state index contributed by atoms with van der Waals surface area (Å²) in [6.07, 6.45) is 9.98. The number of hydrogen-bond acceptors (Lipinski definition) is 2. The summed E-state index contributed by atoms with van der Waals surface area (Å²) in [7, 11) is 0. The van der Waals surface area contributed by atoms with Crippen LogP contribution in [0.15, 0.2) is 0 Å². The highest BCUT2D eigenvalue weighted by molar-refractivity contribution is 5.08. The van der Waals surface area contributed by atoms with E-state index >= 15 is 0 Å². The van der Waals surface area contributed by atoms with Gasteiger partial charge in [-0.15, -0.1) is 0 Å². The van der Waals surface area contributed by atoms with Crippen molar-refractivity contribution in [3.05, 3.63) is 0 Å². The van der Waals surface area contributed by atoms with E-state index in [0.717, 1.165) is 25.6 Å². The van der Waals surface area contributed by atoms with Crippen LogP contribution in [0.1, 0.15) is 58.8 Å². The summed E-state index contributed by atoms with van der Waals surface area (Å²) >= 11 is 0. The number of nitrogens with one attached hydrogen (secondary N) is 1. The average Bonchev–Trinajstić information content (AvgIpc) is 2.34. The van der Waals surface area contributed by atoms with Gasteiger partial charge in [-0.25, -0.2) is 0 Å². The highest BCUT2D eigenvalue weighted by Crippen LogP contribution is 2.53. The standard InChI is InChI=1S/C14H27NO/c1-3-10-16-13-11-12(15-4-2)14(13)8-6-5-7-9-14/h12-13,15H,3-11H2,1-2H3.